The summed E-state index contributed by atoms with van der Waals surface area (Å²) in [4.78, 5) is 27.9. The third-order valence-corrected chi connectivity index (χ3v) is 7.22. The van der Waals surface area contributed by atoms with E-state index >= 15 is 0 Å². The molecule has 0 spiro atoms. The van der Waals surface area contributed by atoms with Gasteiger partial charge in [0.15, 0.2) is 0 Å². The van der Waals surface area contributed by atoms with E-state index in [4.69, 9.17) is 17.3 Å². The van der Waals surface area contributed by atoms with Crippen molar-refractivity contribution >= 4 is 34.8 Å². The van der Waals surface area contributed by atoms with Crippen molar-refractivity contribution < 1.29 is 4.79 Å². The quantitative estimate of drug-likeness (QED) is 0.539. The van der Waals surface area contributed by atoms with Crippen LogP contribution in [0, 0.1) is 16.6 Å². The maximum atomic E-state index is 13.3. The van der Waals surface area contributed by atoms with E-state index in [1.54, 1.807) is 4.57 Å². The number of rotatable bonds is 7. The maximum Gasteiger partial charge on any atom is 0.262 e. The summed E-state index contributed by atoms with van der Waals surface area (Å²) in [7, 11) is 0. The van der Waals surface area contributed by atoms with Crippen molar-refractivity contribution in [2.24, 2.45) is 11.8 Å². The van der Waals surface area contributed by atoms with Crippen molar-refractivity contribution in [3.8, 4) is 0 Å². The fourth-order valence-corrected chi connectivity index (χ4v) is 4.90. The van der Waals surface area contributed by atoms with Gasteiger partial charge in [-0.3, -0.25) is 23.5 Å². The smallest absolute Gasteiger partial charge is 0.262 e. The minimum absolute atomic E-state index is 0.0200. The molecule has 0 unspecified atom stereocenters. The molecular formula is C24H32N6O2S. The first kappa shape index (κ1) is 22.3. The van der Waals surface area contributed by atoms with Crippen LogP contribution >= 0.6 is 12.2 Å². The van der Waals surface area contributed by atoms with E-state index < -0.39 is 0 Å². The van der Waals surface area contributed by atoms with Crippen LogP contribution in [-0.2, 0) is 18.0 Å². The van der Waals surface area contributed by atoms with Gasteiger partial charge in [0.25, 0.3) is 5.56 Å². The Hall–Kier alpha value is -2.52. The molecule has 8 nitrogen and oxygen atoms in total. The Labute approximate surface area is 198 Å². The molecule has 1 aliphatic heterocycles. The maximum absolute atomic E-state index is 13.3. The highest BCUT2D eigenvalue weighted by Crippen LogP contribution is 2.23. The number of carbonyl (C=O) groups is 1. The van der Waals surface area contributed by atoms with Crippen LogP contribution in [0.25, 0.3) is 16.7 Å². The Kier molecular flexibility index (Phi) is 6.09. The number of piperidine rings is 1. The lowest BCUT2D eigenvalue weighted by Crippen LogP contribution is -2.41. The number of fused-ring (bicyclic) bond motifs is 3. The molecule has 1 N–H and O–H groups in total. The summed E-state index contributed by atoms with van der Waals surface area (Å²) in [6, 6.07) is 8.02. The molecule has 0 radical (unpaired) electrons. The van der Waals surface area contributed by atoms with E-state index in [0.717, 1.165) is 50.7 Å². The lowest BCUT2D eigenvalue weighted by atomic mass is 9.96. The SMILES string of the molecule is CC(C)CCn1c(=O)c2ccccc2n2c(=S)n(CN3CCC(C(=O)NC4CC4)CC3)nc12. The third kappa shape index (κ3) is 4.48. The summed E-state index contributed by atoms with van der Waals surface area (Å²) >= 11 is 5.84. The minimum Gasteiger partial charge on any atom is -0.353 e. The topological polar surface area (TPSA) is 76.6 Å². The summed E-state index contributed by atoms with van der Waals surface area (Å²) in [5.41, 5.74) is 0.776. The average Bonchev–Trinajstić information content (AvgIpc) is 3.56. The van der Waals surface area contributed by atoms with Gasteiger partial charge >= 0.3 is 0 Å². The highest BCUT2D eigenvalue weighted by Gasteiger charge is 2.30. The average molecular weight is 469 g/mol. The zero-order chi connectivity index (χ0) is 23.1. The molecule has 1 aromatic carbocycles. The molecular weight excluding hydrogens is 436 g/mol. The second-order valence-corrected chi connectivity index (χ2v) is 10.3. The number of para-hydroxylation sites is 1. The van der Waals surface area contributed by atoms with Crippen molar-refractivity contribution in [3.63, 3.8) is 0 Å². The normalized spacial score (nSPS) is 17.9. The number of nitrogens with one attached hydrogen (secondary N) is 1. The van der Waals surface area contributed by atoms with E-state index in [1.807, 2.05) is 33.3 Å². The Morgan fingerprint density at radius 3 is 2.61 bits per heavy atom. The molecule has 1 aliphatic carbocycles. The van der Waals surface area contributed by atoms with Gasteiger partial charge in [-0.25, -0.2) is 4.68 Å². The van der Waals surface area contributed by atoms with E-state index in [-0.39, 0.29) is 17.4 Å². The van der Waals surface area contributed by atoms with Crippen LogP contribution in [0.2, 0.25) is 0 Å². The van der Waals surface area contributed by atoms with Gasteiger partial charge in [-0.05, 0) is 62.4 Å². The highest BCUT2D eigenvalue weighted by molar-refractivity contribution is 7.71. The van der Waals surface area contributed by atoms with E-state index in [0.29, 0.717) is 41.1 Å². The van der Waals surface area contributed by atoms with E-state index in [2.05, 4.69) is 24.1 Å². The van der Waals surface area contributed by atoms with Crippen LogP contribution in [0.1, 0.15) is 46.0 Å². The van der Waals surface area contributed by atoms with Crippen LogP contribution in [0.5, 0.6) is 0 Å². The van der Waals surface area contributed by atoms with Crippen molar-refractivity contribution in [1.29, 1.82) is 0 Å². The molecule has 5 rings (SSSR count). The zero-order valence-electron chi connectivity index (χ0n) is 19.4. The van der Waals surface area contributed by atoms with E-state index in [1.165, 1.54) is 0 Å². The molecule has 0 atom stereocenters. The highest BCUT2D eigenvalue weighted by atomic mass is 32.1. The van der Waals surface area contributed by atoms with E-state index in [9.17, 15) is 9.59 Å². The molecule has 1 saturated heterocycles. The van der Waals surface area contributed by atoms with Gasteiger partial charge in [0.05, 0.1) is 17.6 Å². The monoisotopic (exact) mass is 468 g/mol. The zero-order valence-corrected chi connectivity index (χ0v) is 20.2. The van der Waals surface area contributed by atoms with Crippen molar-refractivity contribution in [2.75, 3.05) is 13.1 Å². The summed E-state index contributed by atoms with van der Waals surface area (Å²) in [5.74, 6) is 1.39. The lowest BCUT2D eigenvalue weighted by Gasteiger charge is -2.30. The fourth-order valence-electron chi connectivity index (χ4n) is 4.62. The number of likely N-dealkylation sites (tertiary alicyclic amines) is 1. The summed E-state index contributed by atoms with van der Waals surface area (Å²) < 4.78 is 6.12. The first-order valence-corrected chi connectivity index (χ1v) is 12.5. The molecule has 2 aromatic heterocycles. The number of nitrogens with zero attached hydrogens (tertiary/aromatic N) is 5. The molecule has 2 fully saturated rings. The number of amides is 1. The first-order chi connectivity index (χ1) is 15.9. The molecule has 33 heavy (non-hydrogen) atoms. The Bertz CT molecular complexity index is 1290. The lowest BCUT2D eigenvalue weighted by molar-refractivity contribution is -0.126. The van der Waals surface area contributed by atoms with Gasteiger partial charge < -0.3 is 5.32 Å². The molecule has 1 amide bonds. The summed E-state index contributed by atoms with van der Waals surface area (Å²) in [5, 5.41) is 8.61. The van der Waals surface area contributed by atoms with Crippen molar-refractivity contribution in [3.05, 3.63) is 39.4 Å². The van der Waals surface area contributed by atoms with Gasteiger partial charge in [0.2, 0.25) is 16.5 Å². The first-order valence-electron chi connectivity index (χ1n) is 12.1. The van der Waals surface area contributed by atoms with Crippen LogP contribution < -0.4 is 10.9 Å². The number of carbonyl (C=O) groups excluding carboxylic acids is 1. The molecule has 9 heteroatoms. The largest absolute Gasteiger partial charge is 0.353 e. The van der Waals surface area contributed by atoms with Crippen LogP contribution in [-0.4, -0.2) is 48.7 Å². The predicted octanol–water partition coefficient (Wildman–Crippen LogP) is 3.17. The van der Waals surface area contributed by atoms with Crippen LogP contribution in [0.3, 0.4) is 0 Å². The summed E-state index contributed by atoms with van der Waals surface area (Å²) in [6.45, 7) is 7.14. The molecule has 3 heterocycles. The number of benzene rings is 1. The van der Waals surface area contributed by atoms with Crippen LogP contribution in [0.4, 0.5) is 0 Å². The number of hydrogen-bond donors (Lipinski definition) is 1. The van der Waals surface area contributed by atoms with Gasteiger partial charge in [0, 0.05) is 31.6 Å². The minimum atomic E-state index is -0.0200. The van der Waals surface area contributed by atoms with Gasteiger partial charge in [0.1, 0.15) is 0 Å². The molecule has 1 saturated carbocycles. The second-order valence-electron chi connectivity index (χ2n) is 9.89. The number of aromatic nitrogens is 4. The van der Waals surface area contributed by atoms with Gasteiger partial charge in [-0.15, -0.1) is 5.10 Å². The standard InChI is InChI=1S/C24H32N6O2S/c1-16(2)9-14-28-22(32)19-5-3-4-6-20(19)30-23(28)26-29(24(30)33)15-27-12-10-17(11-13-27)21(31)25-18-7-8-18/h3-6,16-18H,7-15H2,1-2H3,(H,25,31). The number of hydrogen-bond acceptors (Lipinski definition) is 5. The molecule has 176 valence electrons. The van der Waals surface area contributed by atoms with Crippen molar-refractivity contribution in [2.45, 2.75) is 65.2 Å². The number of aryl methyl sites for hydroxylation is 1. The predicted molar refractivity (Wildman–Crippen MR) is 131 cm³/mol. The Balaban J connectivity index is 1.42. The second kappa shape index (κ2) is 9.02. The fraction of sp³-hybridized carbons (Fsp3) is 0.583. The Morgan fingerprint density at radius 1 is 1.18 bits per heavy atom. The van der Waals surface area contributed by atoms with Crippen molar-refractivity contribution in [1.82, 2.24) is 29.0 Å². The van der Waals surface area contributed by atoms with Gasteiger partial charge in [-0.1, -0.05) is 26.0 Å². The van der Waals surface area contributed by atoms with Crippen LogP contribution in [0.15, 0.2) is 29.1 Å². The molecule has 3 aromatic rings. The third-order valence-electron chi connectivity index (χ3n) is 6.83. The Morgan fingerprint density at radius 2 is 1.91 bits per heavy atom. The molecule has 0 bridgehead atoms. The van der Waals surface area contributed by atoms with Gasteiger partial charge in [-0.2, -0.15) is 0 Å². The summed E-state index contributed by atoms with van der Waals surface area (Å²) in [6.07, 6.45) is 4.83. The molecule has 2 aliphatic rings.